The van der Waals surface area contributed by atoms with E-state index in [9.17, 15) is 0 Å². The summed E-state index contributed by atoms with van der Waals surface area (Å²) in [6.45, 7) is 11.8. The van der Waals surface area contributed by atoms with Crippen LogP contribution in [0.4, 0.5) is 0 Å². The Morgan fingerprint density at radius 3 is 2.60 bits per heavy atom. The number of likely N-dealkylation sites (N-methyl/N-ethyl adjacent to an activating group) is 1. The fourth-order valence-corrected chi connectivity index (χ4v) is 2.57. The fourth-order valence-electron chi connectivity index (χ4n) is 2.57. The van der Waals surface area contributed by atoms with Crippen LogP contribution in [0, 0.1) is 5.92 Å². The first-order valence-corrected chi connectivity index (χ1v) is 6.76. The molecule has 0 aromatic rings. The van der Waals surface area contributed by atoms with E-state index in [1.807, 2.05) is 0 Å². The topological polar surface area (TPSA) is 15.3 Å². The van der Waals surface area contributed by atoms with Crippen LogP contribution in [0.5, 0.6) is 0 Å². The quantitative estimate of drug-likeness (QED) is 0.697. The first-order valence-electron chi connectivity index (χ1n) is 6.76. The van der Waals surface area contributed by atoms with Crippen molar-refractivity contribution in [3.05, 3.63) is 0 Å². The number of nitrogens with zero attached hydrogens (tertiary/aromatic N) is 1. The Balaban J connectivity index is 2.13. The molecular formula is C13H28N2. The number of hydrogen-bond donors (Lipinski definition) is 1. The highest BCUT2D eigenvalue weighted by atomic mass is 15.2. The molecule has 0 radical (unpaired) electrons. The molecule has 0 unspecified atom stereocenters. The molecule has 1 saturated heterocycles. The third kappa shape index (κ3) is 4.12. The van der Waals surface area contributed by atoms with Gasteiger partial charge in [0, 0.05) is 12.6 Å². The lowest BCUT2D eigenvalue weighted by molar-refractivity contribution is 0.256. The largest absolute Gasteiger partial charge is 0.315 e. The normalized spacial score (nSPS) is 22.8. The fraction of sp³-hybridized carbons (Fsp3) is 1.00. The molecule has 2 heteroatoms. The summed E-state index contributed by atoms with van der Waals surface area (Å²) in [5, 5.41) is 3.65. The van der Waals surface area contributed by atoms with Gasteiger partial charge in [0.2, 0.25) is 0 Å². The minimum absolute atomic E-state index is 0.810. The van der Waals surface area contributed by atoms with Gasteiger partial charge in [-0.1, -0.05) is 33.6 Å². The van der Waals surface area contributed by atoms with Gasteiger partial charge in [0.15, 0.2) is 0 Å². The van der Waals surface area contributed by atoms with Crippen molar-refractivity contribution >= 4 is 0 Å². The number of hydrogen-bond acceptors (Lipinski definition) is 2. The second kappa shape index (κ2) is 7.24. The van der Waals surface area contributed by atoms with E-state index in [0.29, 0.717) is 0 Å². The minimum Gasteiger partial charge on any atom is -0.315 e. The Bertz CT molecular complexity index is 155. The smallest absolute Gasteiger partial charge is 0.0220 e. The third-order valence-electron chi connectivity index (χ3n) is 3.87. The molecule has 1 fully saturated rings. The molecule has 1 heterocycles. The van der Waals surface area contributed by atoms with Gasteiger partial charge in [-0.3, -0.25) is 4.90 Å². The molecule has 0 saturated carbocycles. The van der Waals surface area contributed by atoms with E-state index in [-0.39, 0.29) is 0 Å². The van der Waals surface area contributed by atoms with Gasteiger partial charge in [0.1, 0.15) is 0 Å². The highest BCUT2D eigenvalue weighted by Crippen LogP contribution is 2.15. The molecule has 90 valence electrons. The van der Waals surface area contributed by atoms with Crippen molar-refractivity contribution in [3.63, 3.8) is 0 Å². The lowest BCUT2D eigenvalue weighted by atomic mass is 10.0. The van der Waals surface area contributed by atoms with Crippen molar-refractivity contribution in [3.8, 4) is 0 Å². The van der Waals surface area contributed by atoms with Gasteiger partial charge in [-0.2, -0.15) is 0 Å². The molecule has 0 spiro atoms. The lowest BCUT2D eigenvalue weighted by Crippen LogP contribution is -2.39. The average Bonchev–Trinajstić information content (AvgIpc) is 2.72. The Hall–Kier alpha value is -0.0800. The molecule has 0 aliphatic carbocycles. The summed E-state index contributed by atoms with van der Waals surface area (Å²) in [6.07, 6.45) is 5.41. The van der Waals surface area contributed by atoms with Crippen LogP contribution in [0.2, 0.25) is 0 Å². The third-order valence-corrected chi connectivity index (χ3v) is 3.87. The molecule has 0 aromatic heterocycles. The van der Waals surface area contributed by atoms with Crippen LogP contribution in [-0.2, 0) is 0 Å². The summed E-state index contributed by atoms with van der Waals surface area (Å²) in [7, 11) is 0. The van der Waals surface area contributed by atoms with Crippen molar-refractivity contribution in [2.75, 3.05) is 26.2 Å². The Morgan fingerprint density at radius 1 is 1.27 bits per heavy atom. The summed E-state index contributed by atoms with van der Waals surface area (Å²) in [4.78, 5) is 2.61. The monoisotopic (exact) mass is 212 g/mol. The van der Waals surface area contributed by atoms with Gasteiger partial charge in [-0.05, 0) is 38.4 Å². The van der Waals surface area contributed by atoms with Crippen molar-refractivity contribution in [2.45, 2.75) is 52.5 Å². The van der Waals surface area contributed by atoms with Crippen LogP contribution in [0.1, 0.15) is 46.5 Å². The van der Waals surface area contributed by atoms with Gasteiger partial charge >= 0.3 is 0 Å². The summed E-state index contributed by atoms with van der Waals surface area (Å²) in [5.74, 6) is 0.876. The number of rotatable bonds is 7. The first-order chi connectivity index (χ1) is 7.31. The van der Waals surface area contributed by atoms with E-state index >= 15 is 0 Å². The van der Waals surface area contributed by atoms with E-state index in [1.165, 1.54) is 51.9 Å². The Morgan fingerprint density at radius 2 is 2.00 bits per heavy atom. The molecule has 1 rings (SSSR count). The van der Waals surface area contributed by atoms with Crippen molar-refractivity contribution in [1.29, 1.82) is 0 Å². The van der Waals surface area contributed by atoms with E-state index in [1.54, 1.807) is 0 Å². The molecule has 15 heavy (non-hydrogen) atoms. The maximum atomic E-state index is 3.65. The highest BCUT2D eigenvalue weighted by Gasteiger charge is 2.22. The predicted octanol–water partition coefficient (Wildman–Crippen LogP) is 2.50. The van der Waals surface area contributed by atoms with Crippen LogP contribution >= 0.6 is 0 Å². The number of likely N-dealkylation sites (tertiary alicyclic amines) is 1. The van der Waals surface area contributed by atoms with Crippen LogP contribution in [0.15, 0.2) is 0 Å². The van der Waals surface area contributed by atoms with Gasteiger partial charge in [-0.15, -0.1) is 0 Å². The second-order valence-corrected chi connectivity index (χ2v) is 4.77. The Labute approximate surface area is 95.4 Å². The Kier molecular flexibility index (Phi) is 6.26. The molecule has 1 atom stereocenters. The molecule has 0 bridgehead atoms. The maximum Gasteiger partial charge on any atom is 0.0220 e. The molecule has 2 nitrogen and oxygen atoms in total. The summed E-state index contributed by atoms with van der Waals surface area (Å²) < 4.78 is 0. The van der Waals surface area contributed by atoms with Gasteiger partial charge < -0.3 is 5.32 Å². The number of nitrogens with one attached hydrogen (secondary N) is 1. The van der Waals surface area contributed by atoms with E-state index in [4.69, 9.17) is 0 Å². The zero-order valence-corrected chi connectivity index (χ0v) is 10.8. The molecule has 0 amide bonds. The summed E-state index contributed by atoms with van der Waals surface area (Å²) in [5.41, 5.74) is 0. The zero-order valence-electron chi connectivity index (χ0n) is 10.8. The highest BCUT2D eigenvalue weighted by molar-refractivity contribution is 4.80. The summed E-state index contributed by atoms with van der Waals surface area (Å²) in [6, 6.07) is 0.810. The summed E-state index contributed by atoms with van der Waals surface area (Å²) >= 11 is 0. The van der Waals surface area contributed by atoms with Crippen molar-refractivity contribution in [2.24, 2.45) is 5.92 Å². The molecule has 1 aliphatic rings. The van der Waals surface area contributed by atoms with E-state index in [0.717, 1.165) is 12.0 Å². The van der Waals surface area contributed by atoms with Gasteiger partial charge in [-0.25, -0.2) is 0 Å². The lowest BCUT2D eigenvalue weighted by Gasteiger charge is -2.24. The van der Waals surface area contributed by atoms with Crippen LogP contribution < -0.4 is 5.32 Å². The second-order valence-electron chi connectivity index (χ2n) is 4.77. The molecule has 0 aromatic carbocycles. The predicted molar refractivity (Wildman–Crippen MR) is 67.2 cm³/mol. The van der Waals surface area contributed by atoms with Crippen LogP contribution in [0.3, 0.4) is 0 Å². The maximum absolute atomic E-state index is 3.65. The van der Waals surface area contributed by atoms with Gasteiger partial charge in [0.25, 0.3) is 0 Å². The molecule has 1 N–H and O–H groups in total. The van der Waals surface area contributed by atoms with E-state index in [2.05, 4.69) is 31.0 Å². The molecule has 1 aliphatic heterocycles. The van der Waals surface area contributed by atoms with E-state index < -0.39 is 0 Å². The average molecular weight is 212 g/mol. The SMILES string of the molecule is CCC(CC)CNC[C@@H]1CCCN1CC. The van der Waals surface area contributed by atoms with Crippen LogP contribution in [0.25, 0.3) is 0 Å². The van der Waals surface area contributed by atoms with Crippen molar-refractivity contribution in [1.82, 2.24) is 10.2 Å². The van der Waals surface area contributed by atoms with Crippen molar-refractivity contribution < 1.29 is 0 Å². The van der Waals surface area contributed by atoms with Crippen LogP contribution in [-0.4, -0.2) is 37.1 Å². The van der Waals surface area contributed by atoms with Gasteiger partial charge in [0.05, 0.1) is 0 Å². The minimum atomic E-state index is 0.810. The zero-order chi connectivity index (χ0) is 11.1. The molecular weight excluding hydrogens is 184 g/mol. The first kappa shape index (κ1) is 13.0. The standard InChI is InChI=1S/C13H28N2/c1-4-12(5-2)10-14-11-13-8-7-9-15(13)6-3/h12-14H,4-11H2,1-3H3/t13-/m0/s1.